The van der Waals surface area contributed by atoms with Crippen LogP contribution in [-0.2, 0) is 4.79 Å². The van der Waals surface area contributed by atoms with Crippen LogP contribution in [0.4, 0.5) is 16.2 Å². The minimum absolute atomic E-state index is 0.185. The van der Waals surface area contributed by atoms with Crippen molar-refractivity contribution in [2.75, 3.05) is 24.9 Å². The summed E-state index contributed by atoms with van der Waals surface area (Å²) in [5.74, 6) is 0.922. The van der Waals surface area contributed by atoms with E-state index in [1.54, 1.807) is 30.3 Å². The standard InChI is InChI=1S/C17H17ClN2O5/c1-10(21)19-11-4-6-12(7-5-11)25-17(22)20-14-8-13(18)15(23-2)9-16(14)24-3/h4-9H,1-3H3,(H,19,21)(H,20,22). The van der Waals surface area contributed by atoms with Crippen molar-refractivity contribution in [1.29, 1.82) is 0 Å². The SMILES string of the molecule is COc1cc(OC)c(NC(=O)Oc2ccc(NC(C)=O)cc2)cc1Cl. The molecule has 0 aliphatic carbocycles. The molecule has 0 fully saturated rings. The van der Waals surface area contributed by atoms with Crippen molar-refractivity contribution in [2.24, 2.45) is 0 Å². The van der Waals surface area contributed by atoms with Crippen molar-refractivity contribution < 1.29 is 23.8 Å². The number of hydrogen-bond donors (Lipinski definition) is 2. The molecule has 0 aromatic heterocycles. The van der Waals surface area contributed by atoms with Gasteiger partial charge in [-0.25, -0.2) is 4.79 Å². The molecule has 8 heteroatoms. The fourth-order valence-corrected chi connectivity index (χ4v) is 2.25. The summed E-state index contributed by atoms with van der Waals surface area (Å²) >= 11 is 6.05. The Morgan fingerprint density at radius 3 is 2.16 bits per heavy atom. The van der Waals surface area contributed by atoms with E-state index < -0.39 is 6.09 Å². The highest BCUT2D eigenvalue weighted by molar-refractivity contribution is 6.32. The quantitative estimate of drug-likeness (QED) is 0.839. The number of amides is 2. The summed E-state index contributed by atoms with van der Waals surface area (Å²) in [6.45, 7) is 1.41. The van der Waals surface area contributed by atoms with E-state index in [0.29, 0.717) is 33.6 Å². The van der Waals surface area contributed by atoms with Crippen LogP contribution in [0, 0.1) is 0 Å². The molecule has 0 saturated heterocycles. The van der Waals surface area contributed by atoms with E-state index in [1.165, 1.54) is 27.2 Å². The number of carbonyl (C=O) groups is 2. The molecule has 0 aliphatic rings. The molecule has 0 spiro atoms. The van der Waals surface area contributed by atoms with Gasteiger partial charge in [0, 0.05) is 18.7 Å². The first-order valence-electron chi connectivity index (χ1n) is 7.21. The van der Waals surface area contributed by atoms with E-state index in [0.717, 1.165) is 0 Å². The van der Waals surface area contributed by atoms with Gasteiger partial charge in [0.1, 0.15) is 17.2 Å². The van der Waals surface area contributed by atoms with Gasteiger partial charge in [-0.15, -0.1) is 0 Å². The molecule has 0 bridgehead atoms. The third kappa shape index (κ3) is 5.02. The Hall–Kier alpha value is -2.93. The second-order valence-electron chi connectivity index (χ2n) is 4.91. The normalized spacial score (nSPS) is 9.92. The number of hydrogen-bond acceptors (Lipinski definition) is 5. The highest BCUT2D eigenvalue weighted by atomic mass is 35.5. The largest absolute Gasteiger partial charge is 0.495 e. The molecule has 2 aromatic rings. The van der Waals surface area contributed by atoms with Crippen molar-refractivity contribution in [1.82, 2.24) is 0 Å². The third-order valence-corrected chi connectivity index (χ3v) is 3.39. The van der Waals surface area contributed by atoms with Gasteiger partial charge in [-0.2, -0.15) is 0 Å². The van der Waals surface area contributed by atoms with Crippen LogP contribution in [0.1, 0.15) is 6.92 Å². The molecule has 0 heterocycles. The predicted octanol–water partition coefficient (Wildman–Crippen LogP) is 3.93. The zero-order valence-electron chi connectivity index (χ0n) is 13.9. The number of halogens is 1. The Morgan fingerprint density at radius 1 is 0.960 bits per heavy atom. The molecular weight excluding hydrogens is 348 g/mol. The van der Waals surface area contributed by atoms with Crippen LogP contribution in [0.25, 0.3) is 0 Å². The van der Waals surface area contributed by atoms with Crippen molar-refractivity contribution >= 4 is 35.0 Å². The second-order valence-corrected chi connectivity index (χ2v) is 5.31. The van der Waals surface area contributed by atoms with Gasteiger partial charge in [-0.05, 0) is 30.3 Å². The molecule has 0 saturated carbocycles. The monoisotopic (exact) mass is 364 g/mol. The predicted molar refractivity (Wildman–Crippen MR) is 94.9 cm³/mol. The van der Waals surface area contributed by atoms with E-state index in [4.69, 9.17) is 25.8 Å². The lowest BCUT2D eigenvalue weighted by Crippen LogP contribution is -2.17. The van der Waals surface area contributed by atoms with Crippen molar-refractivity contribution in [3.05, 3.63) is 41.4 Å². The van der Waals surface area contributed by atoms with Gasteiger partial charge in [0.25, 0.3) is 0 Å². The Balaban J connectivity index is 2.07. The molecule has 7 nitrogen and oxygen atoms in total. The Kier molecular flexibility index (Phi) is 6.08. The molecule has 25 heavy (non-hydrogen) atoms. The number of methoxy groups -OCH3 is 2. The maximum Gasteiger partial charge on any atom is 0.417 e. The lowest BCUT2D eigenvalue weighted by molar-refractivity contribution is -0.114. The molecule has 2 amide bonds. The maximum absolute atomic E-state index is 12.0. The average Bonchev–Trinajstić information content (AvgIpc) is 2.56. The maximum atomic E-state index is 12.0. The lowest BCUT2D eigenvalue weighted by atomic mass is 10.2. The Morgan fingerprint density at radius 2 is 1.60 bits per heavy atom. The molecule has 0 atom stereocenters. The molecule has 2 rings (SSSR count). The van der Waals surface area contributed by atoms with Gasteiger partial charge in [-0.1, -0.05) is 11.6 Å². The van der Waals surface area contributed by atoms with E-state index >= 15 is 0 Å². The van der Waals surface area contributed by atoms with Gasteiger partial charge in [0.05, 0.1) is 24.9 Å². The highest BCUT2D eigenvalue weighted by Gasteiger charge is 2.13. The number of anilines is 2. The molecule has 2 aromatic carbocycles. The topological polar surface area (TPSA) is 85.9 Å². The van der Waals surface area contributed by atoms with Crippen LogP contribution in [-0.4, -0.2) is 26.2 Å². The van der Waals surface area contributed by atoms with Gasteiger partial charge < -0.3 is 19.5 Å². The fourth-order valence-electron chi connectivity index (χ4n) is 2.01. The third-order valence-electron chi connectivity index (χ3n) is 3.10. The first-order chi connectivity index (χ1) is 11.9. The van der Waals surface area contributed by atoms with E-state index in [2.05, 4.69) is 10.6 Å². The van der Waals surface area contributed by atoms with Crippen LogP contribution in [0.5, 0.6) is 17.2 Å². The van der Waals surface area contributed by atoms with E-state index in [1.807, 2.05) is 0 Å². The van der Waals surface area contributed by atoms with Gasteiger partial charge in [0.2, 0.25) is 5.91 Å². The summed E-state index contributed by atoms with van der Waals surface area (Å²) in [5, 5.41) is 5.49. The zero-order chi connectivity index (χ0) is 18.4. The van der Waals surface area contributed by atoms with Crippen molar-refractivity contribution in [3.63, 3.8) is 0 Å². The van der Waals surface area contributed by atoms with Gasteiger partial charge in [0.15, 0.2) is 0 Å². The zero-order valence-corrected chi connectivity index (χ0v) is 14.6. The van der Waals surface area contributed by atoms with Gasteiger partial charge in [-0.3, -0.25) is 10.1 Å². The highest BCUT2D eigenvalue weighted by Crippen LogP contribution is 2.36. The van der Waals surface area contributed by atoms with Crippen molar-refractivity contribution in [2.45, 2.75) is 6.92 Å². The van der Waals surface area contributed by atoms with Crippen LogP contribution < -0.4 is 24.8 Å². The number of ether oxygens (including phenoxy) is 3. The summed E-state index contributed by atoms with van der Waals surface area (Å²) in [5.41, 5.74) is 0.942. The molecule has 0 aliphatic heterocycles. The molecular formula is C17H17ClN2O5. The molecule has 132 valence electrons. The van der Waals surface area contributed by atoms with Crippen LogP contribution in [0.2, 0.25) is 5.02 Å². The number of benzene rings is 2. The summed E-state index contributed by atoms with van der Waals surface area (Å²) in [7, 11) is 2.94. The Bertz CT molecular complexity index is 777. The van der Waals surface area contributed by atoms with Crippen LogP contribution >= 0.6 is 11.6 Å². The molecule has 2 N–H and O–H groups in total. The smallest absolute Gasteiger partial charge is 0.417 e. The van der Waals surface area contributed by atoms with E-state index in [9.17, 15) is 9.59 Å². The first kappa shape index (κ1) is 18.4. The minimum atomic E-state index is -0.716. The molecule has 0 radical (unpaired) electrons. The molecule has 0 unspecified atom stereocenters. The first-order valence-corrected chi connectivity index (χ1v) is 7.58. The van der Waals surface area contributed by atoms with Crippen LogP contribution in [0.15, 0.2) is 36.4 Å². The van der Waals surface area contributed by atoms with E-state index in [-0.39, 0.29) is 5.91 Å². The lowest BCUT2D eigenvalue weighted by Gasteiger charge is -2.13. The van der Waals surface area contributed by atoms with Crippen LogP contribution in [0.3, 0.4) is 0 Å². The minimum Gasteiger partial charge on any atom is -0.495 e. The average molecular weight is 365 g/mol. The summed E-state index contributed by atoms with van der Waals surface area (Å²) in [6, 6.07) is 9.41. The summed E-state index contributed by atoms with van der Waals surface area (Å²) in [4.78, 5) is 23.0. The Labute approximate surface area is 149 Å². The fraction of sp³-hybridized carbons (Fsp3) is 0.176. The summed E-state index contributed by atoms with van der Waals surface area (Å²) in [6.07, 6.45) is -0.716. The number of carbonyl (C=O) groups excluding carboxylic acids is 2. The van der Waals surface area contributed by atoms with Gasteiger partial charge >= 0.3 is 6.09 Å². The summed E-state index contributed by atoms with van der Waals surface area (Å²) < 4.78 is 15.5. The number of nitrogens with one attached hydrogen (secondary N) is 2. The second kappa shape index (κ2) is 8.25. The van der Waals surface area contributed by atoms with Crippen molar-refractivity contribution in [3.8, 4) is 17.2 Å². The number of rotatable bonds is 5.